The summed E-state index contributed by atoms with van der Waals surface area (Å²) in [6.07, 6.45) is 1.95. The Morgan fingerprint density at radius 2 is 2.00 bits per heavy atom. The van der Waals surface area contributed by atoms with Crippen molar-refractivity contribution >= 4 is 11.7 Å². The van der Waals surface area contributed by atoms with Gasteiger partial charge in [0.05, 0.1) is 5.54 Å². The predicted molar refractivity (Wildman–Crippen MR) is 64.4 cm³/mol. The second-order valence-electron chi connectivity index (χ2n) is 4.43. The number of nitrogens with two attached hydrogens (primary N) is 1. The van der Waals surface area contributed by atoms with Crippen LogP contribution in [0.4, 0.5) is 10.5 Å². The van der Waals surface area contributed by atoms with E-state index in [0.29, 0.717) is 6.54 Å². The van der Waals surface area contributed by atoms with Gasteiger partial charge < -0.3 is 16.4 Å². The molecule has 4 N–H and O–H groups in total. The molecule has 1 aliphatic rings. The summed E-state index contributed by atoms with van der Waals surface area (Å²) in [6, 6.07) is 7.52. The smallest absolute Gasteiger partial charge is 0.319 e. The average molecular weight is 219 g/mol. The van der Waals surface area contributed by atoms with E-state index in [4.69, 9.17) is 5.73 Å². The van der Waals surface area contributed by atoms with Crippen LogP contribution in [-0.4, -0.2) is 18.1 Å². The maximum Gasteiger partial charge on any atom is 0.319 e. The molecule has 4 nitrogen and oxygen atoms in total. The van der Waals surface area contributed by atoms with E-state index in [0.717, 1.165) is 18.5 Å². The van der Waals surface area contributed by atoms with Crippen LogP contribution in [0.15, 0.2) is 24.3 Å². The van der Waals surface area contributed by atoms with Crippen molar-refractivity contribution < 1.29 is 4.79 Å². The van der Waals surface area contributed by atoms with Gasteiger partial charge in [0.15, 0.2) is 0 Å². The minimum Gasteiger partial charge on any atom is -0.331 e. The topological polar surface area (TPSA) is 67.2 Å². The van der Waals surface area contributed by atoms with E-state index in [1.807, 2.05) is 31.2 Å². The van der Waals surface area contributed by atoms with Crippen LogP contribution < -0.4 is 16.4 Å². The molecule has 1 aromatic rings. The summed E-state index contributed by atoms with van der Waals surface area (Å²) in [4.78, 5) is 11.6. The zero-order chi connectivity index (χ0) is 11.6. The second kappa shape index (κ2) is 4.14. The molecule has 0 aromatic heterocycles. The van der Waals surface area contributed by atoms with E-state index in [2.05, 4.69) is 10.6 Å². The maximum atomic E-state index is 11.6. The van der Waals surface area contributed by atoms with Crippen molar-refractivity contribution in [3.05, 3.63) is 29.8 Å². The SMILES string of the molecule is Cc1ccc(NC(=O)NC2(CN)CC2)cc1. The van der Waals surface area contributed by atoms with Crippen molar-refractivity contribution in [2.45, 2.75) is 25.3 Å². The van der Waals surface area contributed by atoms with Gasteiger partial charge in [-0.25, -0.2) is 4.79 Å². The number of hydrogen-bond donors (Lipinski definition) is 3. The molecule has 0 heterocycles. The van der Waals surface area contributed by atoms with Gasteiger partial charge in [-0.05, 0) is 31.9 Å². The Labute approximate surface area is 95.2 Å². The molecule has 0 radical (unpaired) electrons. The van der Waals surface area contributed by atoms with Crippen molar-refractivity contribution in [2.75, 3.05) is 11.9 Å². The highest BCUT2D eigenvalue weighted by Crippen LogP contribution is 2.33. The van der Waals surface area contributed by atoms with Crippen LogP contribution in [0.25, 0.3) is 0 Å². The number of nitrogens with one attached hydrogen (secondary N) is 2. The molecule has 4 heteroatoms. The third-order valence-electron chi connectivity index (χ3n) is 2.93. The van der Waals surface area contributed by atoms with Crippen LogP contribution in [0.5, 0.6) is 0 Å². The normalized spacial score (nSPS) is 16.6. The van der Waals surface area contributed by atoms with Gasteiger partial charge in [0.25, 0.3) is 0 Å². The molecule has 0 saturated heterocycles. The quantitative estimate of drug-likeness (QED) is 0.723. The summed E-state index contributed by atoms with van der Waals surface area (Å²) in [5.41, 5.74) is 7.42. The standard InChI is InChI=1S/C12H17N3O/c1-9-2-4-10(5-3-9)14-11(16)15-12(8-13)6-7-12/h2-5H,6-8,13H2,1H3,(H2,14,15,16). The minimum absolute atomic E-state index is 0.144. The molecular weight excluding hydrogens is 202 g/mol. The molecular formula is C12H17N3O. The zero-order valence-corrected chi connectivity index (χ0v) is 9.42. The molecule has 1 fully saturated rings. The number of amides is 2. The van der Waals surface area contributed by atoms with Gasteiger partial charge in [-0.3, -0.25) is 0 Å². The van der Waals surface area contributed by atoms with Crippen molar-refractivity contribution in [1.29, 1.82) is 0 Å². The lowest BCUT2D eigenvalue weighted by atomic mass is 10.2. The molecule has 86 valence electrons. The van der Waals surface area contributed by atoms with Gasteiger partial charge >= 0.3 is 6.03 Å². The Kier molecular flexibility index (Phi) is 2.83. The van der Waals surface area contributed by atoms with Gasteiger partial charge in [-0.15, -0.1) is 0 Å². The molecule has 0 aliphatic heterocycles. The highest BCUT2D eigenvalue weighted by Gasteiger charge is 2.42. The van der Waals surface area contributed by atoms with Crippen molar-refractivity contribution in [3.8, 4) is 0 Å². The molecule has 0 spiro atoms. The fraction of sp³-hybridized carbons (Fsp3) is 0.417. The largest absolute Gasteiger partial charge is 0.331 e. The Hall–Kier alpha value is -1.55. The van der Waals surface area contributed by atoms with Crippen molar-refractivity contribution in [1.82, 2.24) is 5.32 Å². The summed E-state index contributed by atoms with van der Waals surface area (Å²) in [6.45, 7) is 2.52. The van der Waals surface area contributed by atoms with Crippen molar-refractivity contribution in [2.24, 2.45) is 5.73 Å². The van der Waals surface area contributed by atoms with Gasteiger partial charge in [-0.1, -0.05) is 17.7 Å². The summed E-state index contributed by atoms with van der Waals surface area (Å²) in [5.74, 6) is 0. The molecule has 16 heavy (non-hydrogen) atoms. The first-order valence-electron chi connectivity index (χ1n) is 5.49. The molecule has 1 aromatic carbocycles. The lowest BCUT2D eigenvalue weighted by molar-refractivity contribution is 0.247. The first kappa shape index (κ1) is 11.0. The van der Waals surface area contributed by atoms with Gasteiger partial charge in [-0.2, -0.15) is 0 Å². The fourth-order valence-corrected chi connectivity index (χ4v) is 1.57. The lowest BCUT2D eigenvalue weighted by Gasteiger charge is -2.15. The zero-order valence-electron chi connectivity index (χ0n) is 9.42. The molecule has 2 rings (SSSR count). The van der Waals surface area contributed by atoms with Gasteiger partial charge in [0, 0.05) is 12.2 Å². The molecule has 1 saturated carbocycles. The number of anilines is 1. The van der Waals surface area contributed by atoms with Gasteiger partial charge in [0.2, 0.25) is 0 Å². The number of carbonyl (C=O) groups is 1. The Morgan fingerprint density at radius 3 is 2.50 bits per heavy atom. The predicted octanol–water partition coefficient (Wildman–Crippen LogP) is 1.61. The number of benzene rings is 1. The summed E-state index contributed by atoms with van der Waals surface area (Å²) in [7, 11) is 0. The number of urea groups is 1. The summed E-state index contributed by atoms with van der Waals surface area (Å²) in [5, 5.41) is 5.70. The monoisotopic (exact) mass is 219 g/mol. The van der Waals surface area contributed by atoms with Crippen LogP contribution in [0.2, 0.25) is 0 Å². The Bertz CT molecular complexity index is 382. The maximum absolute atomic E-state index is 11.6. The average Bonchev–Trinajstić information content (AvgIpc) is 3.02. The lowest BCUT2D eigenvalue weighted by Crippen LogP contribution is -2.44. The number of aryl methyl sites for hydroxylation is 1. The van der Waals surface area contributed by atoms with E-state index in [9.17, 15) is 4.79 Å². The molecule has 0 bridgehead atoms. The first-order valence-corrected chi connectivity index (χ1v) is 5.49. The van der Waals surface area contributed by atoms with Crippen molar-refractivity contribution in [3.63, 3.8) is 0 Å². The number of hydrogen-bond acceptors (Lipinski definition) is 2. The van der Waals surface area contributed by atoms with E-state index in [-0.39, 0.29) is 11.6 Å². The van der Waals surface area contributed by atoms with E-state index in [1.165, 1.54) is 5.56 Å². The summed E-state index contributed by atoms with van der Waals surface area (Å²) >= 11 is 0. The molecule has 0 atom stereocenters. The van der Waals surface area contributed by atoms with Crippen LogP contribution in [-0.2, 0) is 0 Å². The Balaban J connectivity index is 1.90. The third-order valence-corrected chi connectivity index (χ3v) is 2.93. The van der Waals surface area contributed by atoms with Gasteiger partial charge in [0.1, 0.15) is 0 Å². The van der Waals surface area contributed by atoms with E-state index in [1.54, 1.807) is 0 Å². The molecule has 1 aliphatic carbocycles. The molecule has 0 unspecified atom stereocenters. The van der Waals surface area contributed by atoms with E-state index >= 15 is 0 Å². The Morgan fingerprint density at radius 1 is 1.38 bits per heavy atom. The molecule has 2 amide bonds. The number of rotatable bonds is 3. The third kappa shape index (κ3) is 2.52. The first-order chi connectivity index (χ1) is 7.63. The second-order valence-corrected chi connectivity index (χ2v) is 4.43. The fourth-order valence-electron chi connectivity index (χ4n) is 1.57. The van der Waals surface area contributed by atoms with Crippen LogP contribution in [0.3, 0.4) is 0 Å². The minimum atomic E-state index is -0.174. The van der Waals surface area contributed by atoms with Crippen LogP contribution in [0, 0.1) is 6.92 Å². The number of carbonyl (C=O) groups excluding carboxylic acids is 1. The summed E-state index contributed by atoms with van der Waals surface area (Å²) < 4.78 is 0. The highest BCUT2D eigenvalue weighted by molar-refractivity contribution is 5.90. The van der Waals surface area contributed by atoms with E-state index < -0.39 is 0 Å². The highest BCUT2D eigenvalue weighted by atomic mass is 16.2. The van der Waals surface area contributed by atoms with Crippen LogP contribution in [0.1, 0.15) is 18.4 Å². The van der Waals surface area contributed by atoms with Crippen LogP contribution >= 0.6 is 0 Å².